The van der Waals surface area contributed by atoms with Gasteiger partial charge in [-0.05, 0) is 19.1 Å². The van der Waals surface area contributed by atoms with Gasteiger partial charge in [-0.25, -0.2) is 9.97 Å². The Morgan fingerprint density at radius 3 is 2.33 bits per heavy atom. The zero-order valence-corrected chi connectivity index (χ0v) is 11.7. The first-order valence-electron chi connectivity index (χ1n) is 6.08. The minimum atomic E-state index is -4.40. The molecule has 0 aliphatic heterocycles. The van der Waals surface area contributed by atoms with E-state index in [0.717, 1.165) is 23.6 Å². The van der Waals surface area contributed by atoms with Crippen molar-refractivity contribution in [3.8, 4) is 0 Å². The molecule has 0 aromatic carbocycles. The average Bonchev–Trinajstić information content (AvgIpc) is 2.40. The van der Waals surface area contributed by atoms with Crippen LogP contribution >= 0.6 is 0 Å². The van der Waals surface area contributed by atoms with Crippen molar-refractivity contribution in [3.05, 3.63) is 35.7 Å². The van der Waals surface area contributed by atoms with Gasteiger partial charge in [-0.2, -0.15) is 18.2 Å². The van der Waals surface area contributed by atoms with Gasteiger partial charge >= 0.3 is 6.18 Å². The standard InChI is InChI=1S/C13H14F3N5/c1-8-6-18-12(20-11(8)21(2)3)19-10-5-4-9(7-17-10)13(14,15)16/h4-7H,1-3H3,(H,17,18,19,20). The maximum absolute atomic E-state index is 12.4. The molecule has 0 saturated carbocycles. The minimum Gasteiger partial charge on any atom is -0.362 e. The van der Waals surface area contributed by atoms with Gasteiger partial charge in [-0.1, -0.05) is 0 Å². The van der Waals surface area contributed by atoms with Crippen molar-refractivity contribution in [2.45, 2.75) is 13.1 Å². The highest BCUT2D eigenvalue weighted by Crippen LogP contribution is 2.29. The number of alkyl halides is 3. The predicted octanol–water partition coefficient (Wildman–Crippen LogP) is 3.01. The summed E-state index contributed by atoms with van der Waals surface area (Å²) in [6, 6.07) is 2.19. The molecule has 0 saturated heterocycles. The summed E-state index contributed by atoms with van der Waals surface area (Å²) in [6.07, 6.45) is -2.00. The molecule has 1 N–H and O–H groups in total. The third-order valence-corrected chi connectivity index (χ3v) is 2.70. The second-order valence-corrected chi connectivity index (χ2v) is 4.65. The Kier molecular flexibility index (Phi) is 3.97. The van der Waals surface area contributed by atoms with Gasteiger partial charge < -0.3 is 10.2 Å². The minimum absolute atomic E-state index is 0.247. The highest BCUT2D eigenvalue weighted by atomic mass is 19.4. The van der Waals surface area contributed by atoms with Crippen LogP contribution in [0.4, 0.5) is 30.8 Å². The second kappa shape index (κ2) is 5.55. The largest absolute Gasteiger partial charge is 0.417 e. The number of pyridine rings is 1. The average molecular weight is 297 g/mol. The van der Waals surface area contributed by atoms with E-state index in [1.165, 1.54) is 6.07 Å². The number of anilines is 3. The SMILES string of the molecule is Cc1cnc(Nc2ccc(C(F)(F)F)cn2)nc1N(C)C. The van der Waals surface area contributed by atoms with Gasteiger partial charge in [-0.15, -0.1) is 0 Å². The van der Waals surface area contributed by atoms with Crippen LogP contribution in [0.1, 0.15) is 11.1 Å². The summed E-state index contributed by atoms with van der Waals surface area (Å²) in [5.41, 5.74) is 0.0952. The zero-order valence-electron chi connectivity index (χ0n) is 11.7. The van der Waals surface area contributed by atoms with Gasteiger partial charge in [0.25, 0.3) is 0 Å². The number of nitrogens with zero attached hydrogens (tertiary/aromatic N) is 4. The van der Waals surface area contributed by atoms with Crippen molar-refractivity contribution in [1.29, 1.82) is 0 Å². The van der Waals surface area contributed by atoms with E-state index in [1.807, 2.05) is 25.9 Å². The number of hydrogen-bond donors (Lipinski definition) is 1. The fourth-order valence-corrected chi connectivity index (χ4v) is 1.70. The molecule has 0 atom stereocenters. The van der Waals surface area contributed by atoms with Gasteiger partial charge in [-0.3, -0.25) is 0 Å². The number of hydrogen-bond acceptors (Lipinski definition) is 5. The molecule has 0 unspecified atom stereocenters. The highest BCUT2D eigenvalue weighted by Gasteiger charge is 2.30. The van der Waals surface area contributed by atoms with Crippen LogP contribution in [0.25, 0.3) is 0 Å². The fraction of sp³-hybridized carbons (Fsp3) is 0.308. The Bertz CT molecular complexity index is 623. The fourth-order valence-electron chi connectivity index (χ4n) is 1.70. The summed E-state index contributed by atoms with van der Waals surface area (Å²) in [5, 5.41) is 2.78. The van der Waals surface area contributed by atoms with Crippen LogP contribution in [-0.2, 0) is 6.18 Å². The molecule has 21 heavy (non-hydrogen) atoms. The molecule has 0 bridgehead atoms. The van der Waals surface area contributed by atoms with E-state index in [-0.39, 0.29) is 11.8 Å². The normalized spacial score (nSPS) is 11.3. The molecule has 0 radical (unpaired) electrons. The topological polar surface area (TPSA) is 53.9 Å². The lowest BCUT2D eigenvalue weighted by Gasteiger charge is -2.15. The lowest BCUT2D eigenvalue weighted by molar-refractivity contribution is -0.137. The summed E-state index contributed by atoms with van der Waals surface area (Å²) < 4.78 is 37.3. The number of aromatic nitrogens is 3. The number of nitrogens with one attached hydrogen (secondary N) is 1. The first-order valence-corrected chi connectivity index (χ1v) is 6.08. The van der Waals surface area contributed by atoms with Gasteiger partial charge in [0.15, 0.2) is 0 Å². The Morgan fingerprint density at radius 1 is 1.10 bits per heavy atom. The Balaban J connectivity index is 2.21. The second-order valence-electron chi connectivity index (χ2n) is 4.65. The summed E-state index contributed by atoms with van der Waals surface area (Å²) in [4.78, 5) is 13.9. The third kappa shape index (κ3) is 3.59. The summed E-state index contributed by atoms with van der Waals surface area (Å²) in [7, 11) is 3.69. The van der Waals surface area contributed by atoms with E-state index in [1.54, 1.807) is 6.20 Å². The molecular weight excluding hydrogens is 283 g/mol. The van der Waals surface area contributed by atoms with E-state index in [4.69, 9.17) is 0 Å². The van der Waals surface area contributed by atoms with Crippen LogP contribution in [0.3, 0.4) is 0 Å². The monoisotopic (exact) mass is 297 g/mol. The zero-order chi connectivity index (χ0) is 15.6. The smallest absolute Gasteiger partial charge is 0.362 e. The molecule has 0 fully saturated rings. The maximum Gasteiger partial charge on any atom is 0.417 e. The number of halogens is 3. The van der Waals surface area contributed by atoms with E-state index in [2.05, 4.69) is 20.3 Å². The number of rotatable bonds is 3. The van der Waals surface area contributed by atoms with Gasteiger partial charge in [0.2, 0.25) is 5.95 Å². The third-order valence-electron chi connectivity index (χ3n) is 2.70. The first-order chi connectivity index (χ1) is 9.77. The summed E-state index contributed by atoms with van der Waals surface area (Å²) >= 11 is 0. The van der Waals surface area contributed by atoms with Crippen LogP contribution in [0.5, 0.6) is 0 Å². The molecule has 2 heterocycles. The van der Waals surface area contributed by atoms with E-state index >= 15 is 0 Å². The molecule has 2 aromatic rings. The van der Waals surface area contributed by atoms with Crippen LogP contribution in [0.2, 0.25) is 0 Å². The number of aryl methyl sites for hydroxylation is 1. The van der Waals surface area contributed by atoms with Crippen LogP contribution in [0, 0.1) is 6.92 Å². The lowest BCUT2D eigenvalue weighted by atomic mass is 10.3. The van der Waals surface area contributed by atoms with Crippen molar-refractivity contribution in [3.63, 3.8) is 0 Å². The highest BCUT2D eigenvalue weighted by molar-refractivity contribution is 5.53. The molecule has 2 rings (SSSR count). The molecule has 2 aromatic heterocycles. The molecule has 0 aliphatic carbocycles. The predicted molar refractivity (Wildman–Crippen MR) is 73.6 cm³/mol. The molecule has 0 spiro atoms. The van der Waals surface area contributed by atoms with Crippen LogP contribution in [-0.4, -0.2) is 29.0 Å². The molecule has 5 nitrogen and oxygen atoms in total. The Labute approximate surface area is 119 Å². The maximum atomic E-state index is 12.4. The summed E-state index contributed by atoms with van der Waals surface area (Å²) in [6.45, 7) is 1.87. The molecular formula is C13H14F3N5. The van der Waals surface area contributed by atoms with E-state index in [9.17, 15) is 13.2 Å². The van der Waals surface area contributed by atoms with Crippen LogP contribution in [0.15, 0.2) is 24.5 Å². The Hall–Kier alpha value is -2.38. The quantitative estimate of drug-likeness (QED) is 0.944. The van der Waals surface area contributed by atoms with Crippen LogP contribution < -0.4 is 10.2 Å². The molecule has 8 heteroatoms. The Morgan fingerprint density at radius 2 is 1.81 bits per heavy atom. The van der Waals surface area contributed by atoms with Gasteiger partial charge in [0, 0.05) is 32.1 Å². The molecule has 112 valence electrons. The molecule has 0 amide bonds. The van der Waals surface area contributed by atoms with E-state index < -0.39 is 11.7 Å². The van der Waals surface area contributed by atoms with Gasteiger partial charge in [0.05, 0.1) is 5.56 Å². The lowest BCUT2D eigenvalue weighted by Crippen LogP contribution is -2.14. The first kappa shape index (κ1) is 15.0. The molecule has 0 aliphatic rings. The van der Waals surface area contributed by atoms with Crippen molar-refractivity contribution < 1.29 is 13.2 Å². The van der Waals surface area contributed by atoms with Crippen molar-refractivity contribution in [1.82, 2.24) is 15.0 Å². The van der Waals surface area contributed by atoms with E-state index in [0.29, 0.717) is 0 Å². The van der Waals surface area contributed by atoms with Crippen molar-refractivity contribution in [2.75, 3.05) is 24.3 Å². The van der Waals surface area contributed by atoms with Crippen molar-refractivity contribution in [2.24, 2.45) is 0 Å². The van der Waals surface area contributed by atoms with Crippen molar-refractivity contribution >= 4 is 17.6 Å². The van der Waals surface area contributed by atoms with Gasteiger partial charge in [0.1, 0.15) is 11.6 Å². The summed E-state index contributed by atoms with van der Waals surface area (Å²) in [5.74, 6) is 1.24.